The zero-order valence-corrected chi connectivity index (χ0v) is 16.1. The number of carbonyl (C=O) groups is 2. The molecule has 0 amide bonds. The molecule has 1 aliphatic heterocycles. The van der Waals surface area contributed by atoms with Gasteiger partial charge in [-0.15, -0.1) is 11.8 Å². The van der Waals surface area contributed by atoms with Crippen LogP contribution in [0, 0.1) is 22.7 Å². The van der Waals surface area contributed by atoms with Crippen LogP contribution < -0.4 is 0 Å². The van der Waals surface area contributed by atoms with Gasteiger partial charge in [0.1, 0.15) is 6.07 Å². The quantitative estimate of drug-likeness (QED) is 0.424. The highest BCUT2D eigenvalue weighted by molar-refractivity contribution is 8.03. The Hall–Kier alpha value is -2.42. The van der Waals surface area contributed by atoms with Gasteiger partial charge in [0.25, 0.3) is 0 Å². The number of Topliss-reactive ketones (excluding diaryl/α,β-unsaturated/α-hetero) is 2. The van der Waals surface area contributed by atoms with Gasteiger partial charge in [0.15, 0.2) is 21.4 Å². The molecule has 138 valence electrons. The molecule has 0 atom stereocenters. The van der Waals surface area contributed by atoms with Crippen LogP contribution in [0.2, 0.25) is 0 Å². The maximum absolute atomic E-state index is 13.1. The molecular weight excluding hydrogens is 384 g/mol. The highest BCUT2D eigenvalue weighted by atomic mass is 32.2. The predicted molar refractivity (Wildman–Crippen MR) is 99.8 cm³/mol. The summed E-state index contributed by atoms with van der Waals surface area (Å²) in [5.74, 6) is -0.375. The molecular formula is C19H16N2O4S2. The maximum atomic E-state index is 13.1. The van der Waals surface area contributed by atoms with Crippen LogP contribution in [-0.4, -0.2) is 31.5 Å². The minimum atomic E-state index is -3.42. The molecule has 6 nitrogen and oxygen atoms in total. The summed E-state index contributed by atoms with van der Waals surface area (Å²) >= 11 is 1.33. The molecule has 3 rings (SSSR count). The van der Waals surface area contributed by atoms with Gasteiger partial charge in [-0.1, -0.05) is 0 Å². The molecule has 0 N–H and O–H groups in total. The Morgan fingerprint density at radius 2 is 1.96 bits per heavy atom. The Morgan fingerprint density at radius 3 is 2.67 bits per heavy atom. The van der Waals surface area contributed by atoms with Crippen molar-refractivity contribution < 1.29 is 18.0 Å². The van der Waals surface area contributed by atoms with E-state index in [1.807, 2.05) is 12.1 Å². The molecule has 1 aromatic carbocycles. The van der Waals surface area contributed by atoms with E-state index < -0.39 is 15.6 Å². The number of hydrogen-bond donors (Lipinski definition) is 0. The van der Waals surface area contributed by atoms with Crippen LogP contribution in [0.1, 0.15) is 47.2 Å². The number of rotatable bonds is 5. The minimum Gasteiger partial charge on any atom is -0.294 e. The molecule has 1 heterocycles. The Kier molecular flexibility index (Phi) is 5.50. The summed E-state index contributed by atoms with van der Waals surface area (Å²) in [4.78, 5) is 26.3. The first-order valence-electron chi connectivity index (χ1n) is 8.50. The zero-order valence-electron chi connectivity index (χ0n) is 14.4. The topological polar surface area (TPSA) is 116 Å². The number of allylic oxidation sites excluding steroid dienone is 2. The van der Waals surface area contributed by atoms with E-state index in [0.717, 1.165) is 0 Å². The van der Waals surface area contributed by atoms with E-state index in [0.29, 0.717) is 35.5 Å². The summed E-state index contributed by atoms with van der Waals surface area (Å²) in [5, 5.41) is 18.3. The summed E-state index contributed by atoms with van der Waals surface area (Å²) < 4.78 is 24.1. The van der Waals surface area contributed by atoms with E-state index in [1.165, 1.54) is 23.9 Å². The van der Waals surface area contributed by atoms with Crippen LogP contribution in [0.5, 0.6) is 0 Å². The SMILES string of the molecule is N#CCCSC1=C(C(=O)c2ccc3c(c2C#N)CCS3(=O)=O)C(=O)CCC1. The highest BCUT2D eigenvalue weighted by Crippen LogP contribution is 2.36. The first-order valence-corrected chi connectivity index (χ1v) is 11.1. The number of ketones is 2. The van der Waals surface area contributed by atoms with Crippen molar-refractivity contribution in [3.63, 3.8) is 0 Å². The molecule has 0 saturated carbocycles. The van der Waals surface area contributed by atoms with Crippen LogP contribution in [0.3, 0.4) is 0 Å². The second kappa shape index (κ2) is 7.67. The third-order valence-corrected chi connectivity index (χ3v) is 7.62. The number of fused-ring (bicyclic) bond motifs is 1. The van der Waals surface area contributed by atoms with Gasteiger partial charge in [-0.25, -0.2) is 8.42 Å². The third kappa shape index (κ3) is 3.55. The molecule has 0 aromatic heterocycles. The predicted octanol–water partition coefficient (Wildman–Crippen LogP) is 2.72. The van der Waals surface area contributed by atoms with Crippen molar-refractivity contribution in [3.8, 4) is 12.1 Å². The number of nitriles is 2. The second-order valence-corrected chi connectivity index (χ2v) is 9.57. The first kappa shape index (κ1) is 19.3. The largest absolute Gasteiger partial charge is 0.294 e. The van der Waals surface area contributed by atoms with Gasteiger partial charge in [0.2, 0.25) is 0 Å². The summed E-state index contributed by atoms with van der Waals surface area (Å²) in [7, 11) is -3.42. The fourth-order valence-corrected chi connectivity index (χ4v) is 6.03. The van der Waals surface area contributed by atoms with Crippen molar-refractivity contribution in [2.24, 2.45) is 0 Å². The lowest BCUT2D eigenvalue weighted by Gasteiger charge is -2.18. The fraction of sp³-hybridized carbons (Fsp3) is 0.368. The molecule has 0 saturated heterocycles. The molecule has 2 aliphatic rings. The average Bonchev–Trinajstić information content (AvgIpc) is 2.96. The van der Waals surface area contributed by atoms with Crippen molar-refractivity contribution in [3.05, 3.63) is 39.3 Å². The smallest absolute Gasteiger partial charge is 0.198 e. The van der Waals surface area contributed by atoms with Crippen LogP contribution >= 0.6 is 11.8 Å². The maximum Gasteiger partial charge on any atom is 0.198 e. The van der Waals surface area contributed by atoms with Crippen molar-refractivity contribution in [1.82, 2.24) is 0 Å². The zero-order chi connectivity index (χ0) is 19.6. The van der Waals surface area contributed by atoms with E-state index in [-0.39, 0.29) is 46.0 Å². The van der Waals surface area contributed by atoms with Gasteiger partial charge in [-0.3, -0.25) is 9.59 Å². The summed E-state index contributed by atoms with van der Waals surface area (Å²) in [5.41, 5.74) is 0.579. The Morgan fingerprint density at radius 1 is 1.19 bits per heavy atom. The second-order valence-electron chi connectivity index (χ2n) is 6.31. The molecule has 27 heavy (non-hydrogen) atoms. The lowest BCUT2D eigenvalue weighted by molar-refractivity contribution is -0.115. The van der Waals surface area contributed by atoms with Gasteiger partial charge in [-0.05, 0) is 41.9 Å². The standard InChI is InChI=1S/C19H16N2O4S2/c20-8-2-9-26-16-4-1-3-15(22)18(16)19(23)13-5-6-17-12(14(13)11-21)7-10-27(17,24)25/h5-6H,1-4,7,9-10H2. The molecule has 0 unspecified atom stereocenters. The third-order valence-electron chi connectivity index (χ3n) is 4.66. The summed E-state index contributed by atoms with van der Waals surface area (Å²) in [6.07, 6.45) is 2.01. The number of carbonyl (C=O) groups excluding carboxylic acids is 2. The summed E-state index contributed by atoms with van der Waals surface area (Å²) in [6, 6.07) is 6.71. The van der Waals surface area contributed by atoms with E-state index >= 15 is 0 Å². The molecule has 0 spiro atoms. The van der Waals surface area contributed by atoms with Gasteiger partial charge in [0.05, 0.1) is 27.9 Å². The van der Waals surface area contributed by atoms with Crippen LogP contribution in [0.15, 0.2) is 27.5 Å². The Labute approximate surface area is 161 Å². The number of sulfone groups is 1. The highest BCUT2D eigenvalue weighted by Gasteiger charge is 2.34. The lowest BCUT2D eigenvalue weighted by atomic mass is 9.88. The Bertz CT molecular complexity index is 1060. The van der Waals surface area contributed by atoms with Crippen molar-refractivity contribution >= 4 is 33.2 Å². The number of benzene rings is 1. The van der Waals surface area contributed by atoms with E-state index in [4.69, 9.17) is 5.26 Å². The number of thioether (sulfide) groups is 1. The van der Waals surface area contributed by atoms with Crippen LogP contribution in [0.4, 0.5) is 0 Å². The van der Waals surface area contributed by atoms with Crippen molar-refractivity contribution in [2.45, 2.75) is 37.0 Å². The van der Waals surface area contributed by atoms with Gasteiger partial charge in [-0.2, -0.15) is 10.5 Å². The van der Waals surface area contributed by atoms with Crippen LogP contribution in [-0.2, 0) is 21.1 Å². The van der Waals surface area contributed by atoms with Gasteiger partial charge >= 0.3 is 0 Å². The molecule has 1 aromatic rings. The van der Waals surface area contributed by atoms with Crippen molar-refractivity contribution in [1.29, 1.82) is 10.5 Å². The minimum absolute atomic E-state index is 0.0471. The lowest BCUT2D eigenvalue weighted by Crippen LogP contribution is -2.20. The first-order chi connectivity index (χ1) is 12.9. The molecule has 1 aliphatic carbocycles. The Balaban J connectivity index is 2.08. The molecule has 8 heteroatoms. The molecule has 0 fully saturated rings. The van der Waals surface area contributed by atoms with Gasteiger partial charge in [0, 0.05) is 24.2 Å². The average molecular weight is 400 g/mol. The monoisotopic (exact) mass is 400 g/mol. The molecule has 0 bridgehead atoms. The van der Waals surface area contributed by atoms with Crippen LogP contribution in [0.25, 0.3) is 0 Å². The normalized spacial score (nSPS) is 17.9. The van der Waals surface area contributed by atoms with Crippen molar-refractivity contribution in [2.75, 3.05) is 11.5 Å². The van der Waals surface area contributed by atoms with E-state index in [2.05, 4.69) is 0 Å². The summed E-state index contributed by atoms with van der Waals surface area (Å²) in [6.45, 7) is 0. The molecule has 0 radical (unpaired) electrons. The van der Waals surface area contributed by atoms with E-state index in [1.54, 1.807) is 0 Å². The van der Waals surface area contributed by atoms with E-state index in [9.17, 15) is 23.3 Å². The van der Waals surface area contributed by atoms with Gasteiger partial charge < -0.3 is 0 Å². The number of nitrogens with zero attached hydrogens (tertiary/aromatic N) is 2. The number of hydrogen-bond acceptors (Lipinski definition) is 7. The fourth-order valence-electron chi connectivity index (χ4n) is 3.40.